The van der Waals surface area contributed by atoms with Gasteiger partial charge in [0.15, 0.2) is 5.69 Å². The van der Waals surface area contributed by atoms with Crippen molar-refractivity contribution in [2.45, 2.75) is 58.5 Å². The molecule has 0 spiro atoms. The van der Waals surface area contributed by atoms with Crippen LogP contribution in [0.25, 0.3) is 10.8 Å². The maximum Gasteiger partial charge on any atom is 0.274 e. The number of benzene rings is 1. The minimum Gasteiger partial charge on any atom is -0.337 e. The molecule has 0 bridgehead atoms. The van der Waals surface area contributed by atoms with E-state index in [1.807, 2.05) is 37.1 Å². The predicted octanol–water partition coefficient (Wildman–Crippen LogP) is 3.46. The Morgan fingerprint density at radius 2 is 1.84 bits per heavy atom. The zero-order valence-corrected chi connectivity index (χ0v) is 15.4. The van der Waals surface area contributed by atoms with Crippen molar-refractivity contribution in [1.29, 1.82) is 0 Å². The Balaban J connectivity index is 2.00. The van der Waals surface area contributed by atoms with Gasteiger partial charge in [-0.2, -0.15) is 5.10 Å². The minimum absolute atomic E-state index is 0.0828. The molecule has 1 saturated carbocycles. The highest BCUT2D eigenvalue weighted by molar-refractivity contribution is 6.04. The van der Waals surface area contributed by atoms with E-state index < -0.39 is 0 Å². The summed E-state index contributed by atoms with van der Waals surface area (Å²) in [6.45, 7) is 4.79. The summed E-state index contributed by atoms with van der Waals surface area (Å²) < 4.78 is 1.44. The van der Waals surface area contributed by atoms with Crippen molar-refractivity contribution in [3.8, 4) is 0 Å². The number of aryl methyl sites for hydroxylation is 1. The molecule has 1 aliphatic carbocycles. The van der Waals surface area contributed by atoms with Crippen molar-refractivity contribution in [1.82, 2.24) is 14.7 Å². The van der Waals surface area contributed by atoms with Crippen LogP contribution in [0.15, 0.2) is 29.1 Å². The Morgan fingerprint density at radius 1 is 1.20 bits per heavy atom. The maximum absolute atomic E-state index is 13.2. The summed E-state index contributed by atoms with van der Waals surface area (Å²) >= 11 is 0. The molecule has 3 rings (SSSR count). The summed E-state index contributed by atoms with van der Waals surface area (Å²) in [7, 11) is 1.87. The lowest BCUT2D eigenvalue weighted by Crippen LogP contribution is -2.40. The first kappa shape index (κ1) is 17.6. The quantitative estimate of drug-likeness (QED) is 0.856. The van der Waals surface area contributed by atoms with Crippen molar-refractivity contribution in [2.75, 3.05) is 7.05 Å². The molecule has 25 heavy (non-hydrogen) atoms. The number of rotatable bonds is 4. The fraction of sp³-hybridized carbons (Fsp3) is 0.550. The highest BCUT2D eigenvalue weighted by atomic mass is 16.2. The summed E-state index contributed by atoms with van der Waals surface area (Å²) in [5.74, 6) is 0.658. The highest BCUT2D eigenvalue weighted by Crippen LogP contribution is 2.27. The van der Waals surface area contributed by atoms with Crippen LogP contribution in [0.1, 0.15) is 56.4 Å². The first-order valence-electron chi connectivity index (χ1n) is 9.30. The van der Waals surface area contributed by atoms with Crippen molar-refractivity contribution < 1.29 is 4.79 Å². The lowest BCUT2D eigenvalue weighted by atomic mass is 9.86. The molecule has 134 valence electrons. The van der Waals surface area contributed by atoms with Crippen LogP contribution in [-0.2, 0) is 6.54 Å². The zero-order chi connectivity index (χ0) is 18.0. The first-order chi connectivity index (χ1) is 12.0. The molecule has 5 nitrogen and oxygen atoms in total. The second kappa shape index (κ2) is 7.38. The second-order valence-corrected chi connectivity index (χ2v) is 7.25. The average molecular weight is 341 g/mol. The van der Waals surface area contributed by atoms with E-state index in [0.717, 1.165) is 38.0 Å². The zero-order valence-electron chi connectivity index (χ0n) is 15.4. The molecule has 0 saturated heterocycles. The van der Waals surface area contributed by atoms with E-state index in [2.05, 4.69) is 12.0 Å². The number of hydrogen-bond donors (Lipinski definition) is 0. The van der Waals surface area contributed by atoms with Crippen LogP contribution in [0, 0.1) is 5.92 Å². The molecule has 0 atom stereocenters. The molecule has 1 heterocycles. The summed E-state index contributed by atoms with van der Waals surface area (Å²) in [5, 5.41) is 5.66. The number of fused-ring (bicyclic) bond motifs is 1. The predicted molar refractivity (Wildman–Crippen MR) is 99.8 cm³/mol. The molecule has 1 aromatic carbocycles. The standard InChI is InChI=1S/C20H27N3O2/c1-4-13-23-19(24)17-8-6-5-7-16(17)18(21-23)20(25)22(3)15-11-9-14(2)10-12-15/h5-8,14-15H,4,9-13H2,1-3H3. The molecule has 5 heteroatoms. The van der Waals surface area contributed by atoms with Gasteiger partial charge in [0.25, 0.3) is 11.5 Å². The largest absolute Gasteiger partial charge is 0.337 e. The monoisotopic (exact) mass is 341 g/mol. The normalized spacial score (nSPS) is 20.6. The number of aromatic nitrogens is 2. The molecule has 1 aromatic heterocycles. The Labute approximate surface area is 148 Å². The van der Waals surface area contributed by atoms with Gasteiger partial charge >= 0.3 is 0 Å². The fourth-order valence-electron chi connectivity index (χ4n) is 3.72. The van der Waals surface area contributed by atoms with Gasteiger partial charge < -0.3 is 4.90 Å². The maximum atomic E-state index is 13.2. The molecule has 1 fully saturated rings. The number of carbonyl (C=O) groups excluding carboxylic acids is 1. The van der Waals surface area contributed by atoms with Crippen molar-refractivity contribution in [3.63, 3.8) is 0 Å². The fourth-order valence-corrected chi connectivity index (χ4v) is 3.72. The Bertz CT molecular complexity index is 819. The van der Waals surface area contributed by atoms with E-state index in [4.69, 9.17) is 0 Å². The number of hydrogen-bond acceptors (Lipinski definition) is 3. The lowest BCUT2D eigenvalue weighted by Gasteiger charge is -2.33. The van der Waals surface area contributed by atoms with Crippen LogP contribution < -0.4 is 5.56 Å². The number of carbonyl (C=O) groups is 1. The SMILES string of the molecule is CCCn1nc(C(=O)N(C)C2CCC(C)CC2)c2ccccc2c1=O. The molecule has 0 unspecified atom stereocenters. The van der Waals surface area contributed by atoms with Gasteiger partial charge in [-0.15, -0.1) is 0 Å². The van der Waals surface area contributed by atoms with Gasteiger partial charge in [-0.25, -0.2) is 4.68 Å². The van der Waals surface area contributed by atoms with E-state index >= 15 is 0 Å². The van der Waals surface area contributed by atoms with E-state index in [-0.39, 0.29) is 17.5 Å². The molecule has 2 aromatic rings. The molecule has 0 aliphatic heterocycles. The molecule has 1 aliphatic rings. The van der Waals surface area contributed by atoms with Crippen LogP contribution in [0.4, 0.5) is 0 Å². The van der Waals surface area contributed by atoms with E-state index in [1.165, 1.54) is 4.68 Å². The van der Waals surface area contributed by atoms with Crippen LogP contribution >= 0.6 is 0 Å². The van der Waals surface area contributed by atoms with Crippen LogP contribution in [0.2, 0.25) is 0 Å². The van der Waals surface area contributed by atoms with Gasteiger partial charge in [0.05, 0.1) is 5.39 Å². The molecular weight excluding hydrogens is 314 g/mol. The van der Waals surface area contributed by atoms with Gasteiger partial charge in [0.1, 0.15) is 0 Å². The molecular formula is C20H27N3O2. The van der Waals surface area contributed by atoms with Gasteiger partial charge in [0.2, 0.25) is 0 Å². The van der Waals surface area contributed by atoms with Crippen LogP contribution in [0.5, 0.6) is 0 Å². The van der Waals surface area contributed by atoms with E-state index in [0.29, 0.717) is 23.0 Å². The van der Waals surface area contributed by atoms with Gasteiger partial charge in [-0.3, -0.25) is 9.59 Å². The minimum atomic E-state index is -0.122. The van der Waals surface area contributed by atoms with Crippen LogP contribution in [0.3, 0.4) is 0 Å². The van der Waals surface area contributed by atoms with Crippen molar-refractivity contribution in [3.05, 3.63) is 40.3 Å². The van der Waals surface area contributed by atoms with Crippen molar-refractivity contribution >= 4 is 16.7 Å². The summed E-state index contributed by atoms with van der Waals surface area (Å²) in [6, 6.07) is 7.55. The second-order valence-electron chi connectivity index (χ2n) is 7.25. The van der Waals surface area contributed by atoms with Crippen LogP contribution in [-0.4, -0.2) is 33.7 Å². The topological polar surface area (TPSA) is 55.2 Å². The van der Waals surface area contributed by atoms with E-state index in [9.17, 15) is 9.59 Å². The number of amides is 1. The third-order valence-corrected chi connectivity index (χ3v) is 5.36. The number of nitrogens with zero attached hydrogens (tertiary/aromatic N) is 3. The molecule has 0 radical (unpaired) electrons. The average Bonchev–Trinajstić information content (AvgIpc) is 2.64. The molecule has 1 amide bonds. The Kier molecular flexibility index (Phi) is 5.21. The summed E-state index contributed by atoms with van der Waals surface area (Å²) in [4.78, 5) is 27.6. The highest BCUT2D eigenvalue weighted by Gasteiger charge is 2.27. The summed E-state index contributed by atoms with van der Waals surface area (Å²) in [6.07, 6.45) is 5.19. The van der Waals surface area contributed by atoms with Gasteiger partial charge in [0, 0.05) is 25.0 Å². The lowest BCUT2D eigenvalue weighted by molar-refractivity contribution is 0.0673. The van der Waals surface area contributed by atoms with E-state index in [1.54, 1.807) is 6.07 Å². The smallest absolute Gasteiger partial charge is 0.274 e. The third-order valence-electron chi connectivity index (χ3n) is 5.36. The third kappa shape index (κ3) is 3.46. The first-order valence-corrected chi connectivity index (χ1v) is 9.30. The van der Waals surface area contributed by atoms with Gasteiger partial charge in [-0.05, 0) is 44.1 Å². The Hall–Kier alpha value is -2.17. The van der Waals surface area contributed by atoms with Gasteiger partial charge in [-0.1, -0.05) is 32.0 Å². The molecule has 0 N–H and O–H groups in total. The summed E-state index contributed by atoms with van der Waals surface area (Å²) in [5.41, 5.74) is 0.271. The van der Waals surface area contributed by atoms with Crippen molar-refractivity contribution in [2.24, 2.45) is 5.92 Å². The Morgan fingerprint density at radius 3 is 2.48 bits per heavy atom.